The molecule has 0 amide bonds. The third kappa shape index (κ3) is 5.58. The summed E-state index contributed by atoms with van der Waals surface area (Å²) in [6.45, 7) is -0.0452. The summed E-state index contributed by atoms with van der Waals surface area (Å²) in [6, 6.07) is 1.58. The zero-order valence-corrected chi connectivity index (χ0v) is 12.7. The van der Waals surface area contributed by atoms with Gasteiger partial charge in [0.2, 0.25) is 0 Å². The molecule has 2 nitrogen and oxygen atoms in total. The van der Waals surface area contributed by atoms with Crippen molar-refractivity contribution in [3.63, 3.8) is 0 Å². The zero-order chi connectivity index (χ0) is 17.1. The van der Waals surface area contributed by atoms with Crippen molar-refractivity contribution in [2.45, 2.75) is 31.4 Å². The fourth-order valence-corrected chi connectivity index (χ4v) is 3.09. The normalized spacial score (nSPS) is 19.8. The molecule has 1 aliphatic heterocycles. The molecular weight excluding hydrogens is 344 g/mol. The minimum absolute atomic E-state index is 0.0733. The van der Waals surface area contributed by atoms with E-state index in [1.807, 2.05) is 0 Å². The number of hydrogen-bond donors (Lipinski definition) is 1. The lowest BCUT2D eigenvalue weighted by atomic mass is 10.1. The molecule has 1 heterocycles. The van der Waals surface area contributed by atoms with Crippen LogP contribution in [0.1, 0.15) is 23.1 Å². The first kappa shape index (κ1) is 18.4. The molecule has 1 atom stereocenters. The van der Waals surface area contributed by atoms with Gasteiger partial charge in [0.25, 0.3) is 0 Å². The van der Waals surface area contributed by atoms with E-state index in [2.05, 4.69) is 5.32 Å². The van der Waals surface area contributed by atoms with Gasteiger partial charge in [0.05, 0.1) is 24.3 Å². The predicted octanol–water partition coefficient (Wildman–Crippen LogP) is 4.29. The zero-order valence-electron chi connectivity index (χ0n) is 11.9. The molecule has 1 unspecified atom stereocenters. The van der Waals surface area contributed by atoms with Crippen molar-refractivity contribution in [3.8, 4) is 0 Å². The number of alkyl halides is 6. The van der Waals surface area contributed by atoms with Gasteiger partial charge >= 0.3 is 12.4 Å². The summed E-state index contributed by atoms with van der Waals surface area (Å²) in [4.78, 5) is 0. The highest BCUT2D eigenvalue weighted by atomic mass is 32.2. The highest BCUT2D eigenvalue weighted by molar-refractivity contribution is 7.99. The van der Waals surface area contributed by atoms with Crippen LogP contribution in [0.3, 0.4) is 0 Å². The van der Waals surface area contributed by atoms with Crippen molar-refractivity contribution in [1.82, 2.24) is 5.32 Å². The van der Waals surface area contributed by atoms with Gasteiger partial charge < -0.3 is 10.1 Å². The fourth-order valence-electron chi connectivity index (χ4n) is 2.14. The van der Waals surface area contributed by atoms with Gasteiger partial charge in [-0.05, 0) is 35.9 Å². The van der Waals surface area contributed by atoms with E-state index < -0.39 is 23.5 Å². The van der Waals surface area contributed by atoms with Gasteiger partial charge in [-0.25, -0.2) is 0 Å². The number of benzene rings is 1. The van der Waals surface area contributed by atoms with E-state index in [9.17, 15) is 26.3 Å². The van der Waals surface area contributed by atoms with Crippen molar-refractivity contribution in [2.24, 2.45) is 0 Å². The van der Waals surface area contributed by atoms with Crippen molar-refractivity contribution in [1.29, 1.82) is 0 Å². The number of nitrogens with one attached hydrogen (secondary N) is 1. The monoisotopic (exact) mass is 359 g/mol. The van der Waals surface area contributed by atoms with E-state index in [0.29, 0.717) is 12.1 Å². The molecule has 9 heteroatoms. The molecule has 1 fully saturated rings. The summed E-state index contributed by atoms with van der Waals surface area (Å²) >= 11 is 1.72. The average Bonchev–Trinajstić information content (AvgIpc) is 2.46. The second kappa shape index (κ2) is 7.31. The van der Waals surface area contributed by atoms with Crippen LogP contribution >= 0.6 is 11.8 Å². The van der Waals surface area contributed by atoms with Crippen molar-refractivity contribution in [3.05, 3.63) is 34.9 Å². The van der Waals surface area contributed by atoms with Crippen LogP contribution in [0.15, 0.2) is 18.2 Å². The topological polar surface area (TPSA) is 21.3 Å². The second-order valence-corrected chi connectivity index (χ2v) is 6.28. The Hall–Kier alpha value is -0.930. The third-order valence-electron chi connectivity index (χ3n) is 3.32. The van der Waals surface area contributed by atoms with Crippen molar-refractivity contribution < 1.29 is 31.1 Å². The highest BCUT2D eigenvalue weighted by Gasteiger charge is 2.36. The number of rotatable bonds is 4. The molecule has 0 spiro atoms. The molecule has 2 rings (SSSR count). The van der Waals surface area contributed by atoms with Crippen LogP contribution in [0.5, 0.6) is 0 Å². The molecule has 1 aromatic rings. The van der Waals surface area contributed by atoms with Crippen LogP contribution in [0.2, 0.25) is 0 Å². The second-order valence-electron chi connectivity index (χ2n) is 5.17. The van der Waals surface area contributed by atoms with Crippen LogP contribution in [-0.2, 0) is 23.7 Å². The Morgan fingerprint density at radius 1 is 1.04 bits per heavy atom. The standard InChI is InChI=1S/C14H15F6NOS/c15-13(16,17)10-3-9(4-11(5-10)14(18,19)20)6-22-7-12-1-2-23-8-21-12/h3-5,12,21H,1-2,6-8H2. The van der Waals surface area contributed by atoms with Gasteiger partial charge in [-0.2, -0.15) is 26.3 Å². The minimum atomic E-state index is -4.84. The van der Waals surface area contributed by atoms with Gasteiger partial charge in [0.15, 0.2) is 0 Å². The Balaban J connectivity index is 2.07. The molecule has 1 saturated heterocycles. The lowest BCUT2D eigenvalue weighted by Gasteiger charge is -2.23. The summed E-state index contributed by atoms with van der Waals surface area (Å²) in [6.07, 6.45) is -8.82. The van der Waals surface area contributed by atoms with E-state index >= 15 is 0 Å². The van der Waals surface area contributed by atoms with E-state index in [0.717, 1.165) is 18.1 Å². The first-order chi connectivity index (χ1) is 10.7. The Bertz CT molecular complexity index is 493. The van der Waals surface area contributed by atoms with Crippen LogP contribution in [-0.4, -0.2) is 24.3 Å². The van der Waals surface area contributed by atoms with Gasteiger partial charge in [0, 0.05) is 11.9 Å². The van der Waals surface area contributed by atoms with Crippen molar-refractivity contribution in [2.75, 3.05) is 18.2 Å². The molecule has 130 valence electrons. The lowest BCUT2D eigenvalue weighted by molar-refractivity contribution is -0.143. The summed E-state index contributed by atoms with van der Waals surface area (Å²) in [5.41, 5.74) is -2.78. The molecule has 1 N–H and O–H groups in total. The molecule has 23 heavy (non-hydrogen) atoms. The van der Waals surface area contributed by atoms with E-state index in [1.54, 1.807) is 11.8 Å². The fraction of sp³-hybridized carbons (Fsp3) is 0.571. The number of thioether (sulfide) groups is 1. The summed E-state index contributed by atoms with van der Waals surface area (Å²) in [7, 11) is 0. The SMILES string of the molecule is FC(F)(F)c1cc(COCC2CCSCN2)cc(C(F)(F)F)c1. The third-order valence-corrected chi connectivity index (χ3v) is 4.22. The van der Waals surface area contributed by atoms with E-state index in [1.165, 1.54) is 0 Å². The number of halogens is 6. The Labute approximate surface area is 133 Å². The van der Waals surface area contributed by atoms with Crippen LogP contribution in [0, 0.1) is 0 Å². The Morgan fingerprint density at radius 2 is 1.65 bits per heavy atom. The molecule has 0 aromatic heterocycles. The van der Waals surface area contributed by atoms with E-state index in [-0.39, 0.29) is 30.9 Å². The van der Waals surface area contributed by atoms with Crippen LogP contribution in [0.25, 0.3) is 0 Å². The van der Waals surface area contributed by atoms with Gasteiger partial charge in [-0.1, -0.05) is 0 Å². The van der Waals surface area contributed by atoms with Gasteiger partial charge in [-0.3, -0.25) is 0 Å². The quantitative estimate of drug-likeness (QED) is 0.811. The average molecular weight is 359 g/mol. The minimum Gasteiger partial charge on any atom is -0.375 e. The maximum absolute atomic E-state index is 12.7. The molecular formula is C14H15F6NOS. The van der Waals surface area contributed by atoms with Gasteiger partial charge in [0.1, 0.15) is 0 Å². The first-order valence-corrected chi connectivity index (χ1v) is 7.99. The Kier molecular flexibility index (Phi) is 5.85. The Morgan fingerprint density at radius 3 is 2.13 bits per heavy atom. The molecule has 0 radical (unpaired) electrons. The summed E-state index contributed by atoms with van der Waals surface area (Å²) in [5.74, 6) is 1.71. The molecule has 0 saturated carbocycles. The number of hydrogen-bond acceptors (Lipinski definition) is 3. The van der Waals surface area contributed by atoms with Gasteiger partial charge in [-0.15, -0.1) is 11.8 Å². The molecule has 1 aliphatic rings. The van der Waals surface area contributed by atoms with Crippen LogP contribution in [0.4, 0.5) is 26.3 Å². The predicted molar refractivity (Wildman–Crippen MR) is 75.0 cm³/mol. The molecule has 0 aliphatic carbocycles. The highest BCUT2D eigenvalue weighted by Crippen LogP contribution is 2.36. The maximum atomic E-state index is 12.7. The summed E-state index contributed by atoms with van der Waals surface area (Å²) in [5, 5.41) is 3.15. The molecule has 1 aromatic carbocycles. The first-order valence-electron chi connectivity index (χ1n) is 6.83. The van der Waals surface area contributed by atoms with E-state index in [4.69, 9.17) is 4.74 Å². The van der Waals surface area contributed by atoms with Crippen LogP contribution < -0.4 is 5.32 Å². The smallest absolute Gasteiger partial charge is 0.375 e. The largest absolute Gasteiger partial charge is 0.416 e. The van der Waals surface area contributed by atoms with Crippen molar-refractivity contribution >= 4 is 11.8 Å². The molecule has 0 bridgehead atoms. The number of ether oxygens (including phenoxy) is 1. The summed E-state index contributed by atoms with van der Waals surface area (Å²) < 4.78 is 81.7. The maximum Gasteiger partial charge on any atom is 0.416 e. The lowest BCUT2D eigenvalue weighted by Crippen LogP contribution is -2.37.